The molecule has 0 saturated carbocycles. The summed E-state index contributed by atoms with van der Waals surface area (Å²) in [6, 6.07) is 22.5. The van der Waals surface area contributed by atoms with Crippen molar-refractivity contribution in [2.75, 3.05) is 36.7 Å². The number of nitrogen functional groups attached to an aromatic ring is 1. The van der Waals surface area contributed by atoms with Crippen LogP contribution < -0.4 is 31.3 Å². The van der Waals surface area contributed by atoms with Crippen molar-refractivity contribution in [2.24, 2.45) is 5.73 Å². The second-order valence-corrected chi connectivity index (χ2v) is 9.85. The SMILES string of the molecule is COc1ccccc1N(C(=O)c1snc(C(N)=O)c1N)C(C(=O)NCc1ccccc1)c1ccc(N(C)C)cc1. The first-order valence-electron chi connectivity index (χ1n) is 12.3. The van der Waals surface area contributed by atoms with Gasteiger partial charge in [0.15, 0.2) is 5.69 Å². The molecule has 1 aromatic heterocycles. The second kappa shape index (κ2) is 12.3. The number of rotatable bonds is 10. The first-order chi connectivity index (χ1) is 19.2. The average Bonchev–Trinajstić information content (AvgIpc) is 3.36. The van der Waals surface area contributed by atoms with Crippen LogP contribution in [0, 0.1) is 0 Å². The number of nitrogens with two attached hydrogens (primary N) is 2. The number of carbonyl (C=O) groups excluding carboxylic acids is 3. The van der Waals surface area contributed by atoms with E-state index >= 15 is 0 Å². The van der Waals surface area contributed by atoms with E-state index in [0.29, 0.717) is 17.0 Å². The molecule has 4 aromatic rings. The predicted molar refractivity (Wildman–Crippen MR) is 157 cm³/mol. The minimum atomic E-state index is -1.14. The smallest absolute Gasteiger partial charge is 0.273 e. The summed E-state index contributed by atoms with van der Waals surface area (Å²) in [4.78, 5) is 43.3. The molecule has 10 nitrogen and oxygen atoms in total. The molecule has 0 saturated heterocycles. The zero-order valence-corrected chi connectivity index (χ0v) is 23.1. The van der Waals surface area contributed by atoms with Crippen molar-refractivity contribution in [1.82, 2.24) is 9.69 Å². The highest BCUT2D eigenvalue weighted by atomic mass is 32.1. The van der Waals surface area contributed by atoms with Gasteiger partial charge in [0, 0.05) is 26.3 Å². The molecule has 0 fully saturated rings. The van der Waals surface area contributed by atoms with Crippen LogP contribution in [0.15, 0.2) is 78.9 Å². The van der Waals surface area contributed by atoms with Crippen LogP contribution in [0.1, 0.15) is 37.3 Å². The molecule has 0 aliphatic rings. The van der Waals surface area contributed by atoms with Crippen molar-refractivity contribution in [3.05, 3.63) is 101 Å². The van der Waals surface area contributed by atoms with Crippen molar-refractivity contribution < 1.29 is 19.1 Å². The molecular formula is C29H30N6O4S. The van der Waals surface area contributed by atoms with Gasteiger partial charge in [-0.1, -0.05) is 54.6 Å². The van der Waals surface area contributed by atoms with E-state index < -0.39 is 23.8 Å². The Hall–Kier alpha value is -4.90. The van der Waals surface area contributed by atoms with E-state index in [4.69, 9.17) is 16.2 Å². The number of nitrogens with one attached hydrogen (secondary N) is 1. The first kappa shape index (κ1) is 28.1. The maximum absolute atomic E-state index is 14.3. The van der Waals surface area contributed by atoms with Gasteiger partial charge in [0.25, 0.3) is 11.8 Å². The standard InChI is InChI=1S/C29H30N6O4S/c1-34(2)20-15-13-19(14-16-20)25(28(37)32-17-18-9-5-4-6-10-18)35(21-11-7-8-12-22(21)39-3)29(38)26-23(30)24(27(31)36)33-40-26/h4-16,25H,17,30H2,1-3H3,(H2,31,36)(H,32,37). The number of nitrogens with zero attached hydrogens (tertiary/aromatic N) is 3. The third-order valence-corrected chi connectivity index (χ3v) is 7.11. The van der Waals surface area contributed by atoms with Gasteiger partial charge in [-0.15, -0.1) is 0 Å². The predicted octanol–water partition coefficient (Wildman–Crippen LogP) is 3.60. The number of hydrogen-bond acceptors (Lipinski definition) is 8. The van der Waals surface area contributed by atoms with E-state index in [0.717, 1.165) is 22.8 Å². The van der Waals surface area contributed by atoms with Gasteiger partial charge in [0.1, 0.15) is 16.7 Å². The Morgan fingerprint density at radius 1 is 0.975 bits per heavy atom. The molecule has 40 heavy (non-hydrogen) atoms. The van der Waals surface area contributed by atoms with Gasteiger partial charge >= 0.3 is 0 Å². The Balaban J connectivity index is 1.87. The van der Waals surface area contributed by atoms with Gasteiger partial charge in [-0.2, -0.15) is 4.37 Å². The third kappa shape index (κ3) is 5.89. The van der Waals surface area contributed by atoms with Crippen molar-refractivity contribution >= 4 is 46.3 Å². The fraction of sp³-hybridized carbons (Fsp3) is 0.172. The molecule has 3 amide bonds. The highest BCUT2D eigenvalue weighted by Crippen LogP contribution is 2.38. The zero-order valence-electron chi connectivity index (χ0n) is 22.3. The Morgan fingerprint density at radius 3 is 2.23 bits per heavy atom. The third-order valence-electron chi connectivity index (χ3n) is 6.26. The summed E-state index contributed by atoms with van der Waals surface area (Å²) in [7, 11) is 5.29. The van der Waals surface area contributed by atoms with Crippen LogP contribution in [0.5, 0.6) is 5.75 Å². The van der Waals surface area contributed by atoms with Crippen LogP contribution in [-0.2, 0) is 11.3 Å². The quantitative estimate of drug-likeness (QED) is 0.270. The van der Waals surface area contributed by atoms with Crippen molar-refractivity contribution in [3.8, 4) is 5.75 Å². The minimum absolute atomic E-state index is 0.0227. The van der Waals surface area contributed by atoms with E-state index in [1.807, 2.05) is 61.5 Å². The molecule has 1 unspecified atom stereocenters. The van der Waals surface area contributed by atoms with Gasteiger partial charge in [-0.25, -0.2) is 0 Å². The van der Waals surface area contributed by atoms with Gasteiger partial charge < -0.3 is 26.4 Å². The fourth-order valence-electron chi connectivity index (χ4n) is 4.19. The minimum Gasteiger partial charge on any atom is -0.495 e. The van der Waals surface area contributed by atoms with E-state index in [1.54, 1.807) is 36.4 Å². The summed E-state index contributed by atoms with van der Waals surface area (Å²) in [6.07, 6.45) is 0. The summed E-state index contributed by atoms with van der Waals surface area (Å²) >= 11 is 0.744. The number of methoxy groups -OCH3 is 1. The normalized spacial score (nSPS) is 11.4. The number of carbonyl (C=O) groups is 3. The number of aromatic nitrogens is 1. The Morgan fingerprint density at radius 2 is 1.62 bits per heavy atom. The molecular weight excluding hydrogens is 528 g/mol. The second-order valence-electron chi connectivity index (χ2n) is 9.08. The largest absolute Gasteiger partial charge is 0.495 e. The molecule has 0 bridgehead atoms. The molecule has 3 aromatic carbocycles. The fourth-order valence-corrected chi connectivity index (χ4v) is 4.93. The number of para-hydroxylation sites is 2. The topological polar surface area (TPSA) is 144 Å². The lowest BCUT2D eigenvalue weighted by Gasteiger charge is -2.32. The van der Waals surface area contributed by atoms with Crippen LogP contribution in [0.2, 0.25) is 0 Å². The summed E-state index contributed by atoms with van der Waals surface area (Å²) in [5.41, 5.74) is 13.9. The summed E-state index contributed by atoms with van der Waals surface area (Å²) in [5, 5.41) is 2.97. The van der Waals surface area contributed by atoms with Crippen LogP contribution in [-0.4, -0.2) is 43.3 Å². The van der Waals surface area contributed by atoms with E-state index in [1.165, 1.54) is 12.0 Å². The van der Waals surface area contributed by atoms with E-state index in [2.05, 4.69) is 9.69 Å². The van der Waals surface area contributed by atoms with Gasteiger partial charge in [-0.05, 0) is 46.9 Å². The first-order valence-corrected chi connectivity index (χ1v) is 13.1. The zero-order chi connectivity index (χ0) is 28.8. The Labute approximate surface area is 236 Å². The molecule has 0 aliphatic carbocycles. The highest BCUT2D eigenvalue weighted by Gasteiger charge is 2.37. The van der Waals surface area contributed by atoms with Crippen LogP contribution >= 0.6 is 11.5 Å². The Bertz CT molecular complexity index is 1500. The number of primary amides is 1. The highest BCUT2D eigenvalue weighted by molar-refractivity contribution is 7.09. The van der Waals surface area contributed by atoms with Gasteiger partial charge in [-0.3, -0.25) is 19.3 Å². The summed E-state index contributed by atoms with van der Waals surface area (Å²) in [5.74, 6) is -1.56. The average molecular weight is 559 g/mol. The molecule has 0 aliphatic heterocycles. The number of hydrogen-bond donors (Lipinski definition) is 3. The Kier molecular flexibility index (Phi) is 8.65. The maximum Gasteiger partial charge on any atom is 0.273 e. The summed E-state index contributed by atoms with van der Waals surface area (Å²) < 4.78 is 9.58. The monoisotopic (exact) mass is 558 g/mol. The van der Waals surface area contributed by atoms with Crippen molar-refractivity contribution in [3.63, 3.8) is 0 Å². The number of anilines is 3. The van der Waals surface area contributed by atoms with E-state index in [-0.39, 0.29) is 22.8 Å². The van der Waals surface area contributed by atoms with Gasteiger partial charge in [0.05, 0.1) is 18.5 Å². The van der Waals surface area contributed by atoms with Crippen LogP contribution in [0.4, 0.5) is 17.1 Å². The lowest BCUT2D eigenvalue weighted by molar-refractivity contribution is -0.122. The molecule has 5 N–H and O–H groups in total. The number of ether oxygens (including phenoxy) is 1. The molecule has 1 atom stereocenters. The van der Waals surface area contributed by atoms with Crippen LogP contribution in [0.25, 0.3) is 0 Å². The van der Waals surface area contributed by atoms with E-state index in [9.17, 15) is 14.4 Å². The summed E-state index contributed by atoms with van der Waals surface area (Å²) in [6.45, 7) is 0.244. The van der Waals surface area contributed by atoms with Crippen molar-refractivity contribution in [1.29, 1.82) is 0 Å². The number of amides is 3. The maximum atomic E-state index is 14.3. The molecule has 11 heteroatoms. The molecule has 206 valence electrons. The van der Waals surface area contributed by atoms with Gasteiger partial charge in [0.2, 0.25) is 5.91 Å². The van der Waals surface area contributed by atoms with Crippen molar-refractivity contribution in [2.45, 2.75) is 12.6 Å². The molecule has 0 spiro atoms. The number of benzene rings is 3. The molecule has 1 heterocycles. The lowest BCUT2D eigenvalue weighted by Crippen LogP contribution is -2.44. The molecule has 4 rings (SSSR count). The molecule has 0 radical (unpaired) electrons. The lowest BCUT2D eigenvalue weighted by atomic mass is 10.0. The van der Waals surface area contributed by atoms with Crippen LogP contribution in [0.3, 0.4) is 0 Å².